The van der Waals surface area contributed by atoms with Crippen molar-refractivity contribution in [2.75, 3.05) is 4.31 Å². The molecule has 0 fully saturated rings. The Kier molecular flexibility index (Phi) is 8.31. The Balaban J connectivity index is 1.45. The molecule has 1 aromatic heterocycles. The van der Waals surface area contributed by atoms with Gasteiger partial charge in [-0.25, -0.2) is 18.2 Å². The van der Waals surface area contributed by atoms with Gasteiger partial charge in [0.05, 0.1) is 34.6 Å². The van der Waals surface area contributed by atoms with Gasteiger partial charge in [0.25, 0.3) is 15.9 Å². The quantitative estimate of drug-likeness (QED) is 0.162. The van der Waals surface area contributed by atoms with Crippen molar-refractivity contribution in [2.24, 2.45) is 5.10 Å². The van der Waals surface area contributed by atoms with Gasteiger partial charge in [0, 0.05) is 17.0 Å². The zero-order chi connectivity index (χ0) is 29.7. The number of anilines is 1. The summed E-state index contributed by atoms with van der Waals surface area (Å²) in [6.07, 6.45) is 1.49. The Hall–Kier alpha value is -5.02. The first-order valence-electron chi connectivity index (χ1n) is 13.3. The monoisotopic (exact) mass is 580 g/mol. The molecule has 0 radical (unpaired) electrons. The molecule has 9 heteroatoms. The number of halogens is 1. The Morgan fingerprint density at radius 2 is 1.50 bits per heavy atom. The van der Waals surface area contributed by atoms with Gasteiger partial charge in [0.2, 0.25) is 0 Å². The summed E-state index contributed by atoms with van der Waals surface area (Å²) in [6, 6.07) is 32.1. The second kappa shape index (κ2) is 12.2. The maximum absolute atomic E-state index is 14.5. The summed E-state index contributed by atoms with van der Waals surface area (Å²) in [6.45, 7) is 3.72. The van der Waals surface area contributed by atoms with Crippen LogP contribution in [0.4, 0.5) is 10.1 Å². The van der Waals surface area contributed by atoms with Crippen molar-refractivity contribution in [3.8, 4) is 5.69 Å². The molecule has 5 rings (SSSR count). The lowest BCUT2D eigenvalue weighted by molar-refractivity contribution is 0.0955. The molecule has 0 aliphatic heterocycles. The molecule has 5 aromatic rings. The fourth-order valence-electron chi connectivity index (χ4n) is 4.79. The number of hydrogen-bond donors (Lipinski definition) is 1. The molecule has 0 bridgehead atoms. The molecule has 0 saturated carbocycles. The highest BCUT2D eigenvalue weighted by atomic mass is 32.2. The number of hydrazone groups is 1. The summed E-state index contributed by atoms with van der Waals surface area (Å²) in [5, 5.41) is 4.15. The van der Waals surface area contributed by atoms with Crippen LogP contribution in [0.25, 0.3) is 5.69 Å². The molecule has 42 heavy (non-hydrogen) atoms. The number of carbonyl (C=O) groups is 1. The van der Waals surface area contributed by atoms with Gasteiger partial charge in [-0.05, 0) is 61.9 Å². The summed E-state index contributed by atoms with van der Waals surface area (Å²) in [5.41, 5.74) is 6.32. The molecule has 1 heterocycles. The van der Waals surface area contributed by atoms with Gasteiger partial charge in [0.1, 0.15) is 5.82 Å². The first-order valence-corrected chi connectivity index (χ1v) is 14.7. The van der Waals surface area contributed by atoms with Crippen molar-refractivity contribution >= 4 is 27.8 Å². The van der Waals surface area contributed by atoms with E-state index in [0.29, 0.717) is 11.3 Å². The van der Waals surface area contributed by atoms with Gasteiger partial charge in [-0.15, -0.1) is 0 Å². The number of carbonyl (C=O) groups excluding carboxylic acids is 1. The van der Waals surface area contributed by atoms with Crippen molar-refractivity contribution in [3.63, 3.8) is 0 Å². The van der Waals surface area contributed by atoms with E-state index in [1.807, 2.05) is 50.2 Å². The zero-order valence-corrected chi connectivity index (χ0v) is 23.9. The minimum Gasteiger partial charge on any atom is -0.315 e. The molecule has 1 N–H and O–H groups in total. The highest BCUT2D eigenvalue weighted by Crippen LogP contribution is 2.29. The first kappa shape index (κ1) is 28.5. The molecular formula is C33H29FN4O3S. The second-order valence-corrected chi connectivity index (χ2v) is 11.5. The lowest BCUT2D eigenvalue weighted by Crippen LogP contribution is -2.33. The summed E-state index contributed by atoms with van der Waals surface area (Å²) >= 11 is 0. The number of para-hydroxylation sites is 2. The highest BCUT2D eigenvalue weighted by molar-refractivity contribution is 7.92. The third kappa shape index (κ3) is 5.87. The van der Waals surface area contributed by atoms with Crippen molar-refractivity contribution in [1.82, 2.24) is 9.99 Å². The van der Waals surface area contributed by atoms with Gasteiger partial charge in [0.15, 0.2) is 0 Å². The number of rotatable bonds is 9. The van der Waals surface area contributed by atoms with Crippen LogP contribution < -0.4 is 9.73 Å². The van der Waals surface area contributed by atoms with Gasteiger partial charge in [-0.3, -0.25) is 9.10 Å². The van der Waals surface area contributed by atoms with Crippen LogP contribution in [0.3, 0.4) is 0 Å². The number of amides is 1. The molecule has 0 aliphatic rings. The number of sulfonamides is 1. The van der Waals surface area contributed by atoms with E-state index in [2.05, 4.69) is 10.5 Å². The van der Waals surface area contributed by atoms with E-state index in [9.17, 15) is 17.6 Å². The first-order chi connectivity index (χ1) is 20.3. The predicted molar refractivity (Wildman–Crippen MR) is 163 cm³/mol. The van der Waals surface area contributed by atoms with E-state index in [1.54, 1.807) is 65.2 Å². The summed E-state index contributed by atoms with van der Waals surface area (Å²) < 4.78 is 45.2. The van der Waals surface area contributed by atoms with Crippen LogP contribution in [0.2, 0.25) is 0 Å². The van der Waals surface area contributed by atoms with Crippen LogP contribution >= 0.6 is 0 Å². The number of nitrogens with one attached hydrogen (secondary N) is 1. The summed E-state index contributed by atoms with van der Waals surface area (Å²) in [7, 11) is -4.03. The number of aryl methyl sites for hydroxylation is 1. The van der Waals surface area contributed by atoms with Crippen LogP contribution in [-0.4, -0.2) is 25.1 Å². The Morgan fingerprint density at radius 1 is 0.881 bits per heavy atom. The van der Waals surface area contributed by atoms with Crippen LogP contribution in [0.1, 0.15) is 32.9 Å². The SMILES string of the molecule is Cc1cc(/C=N/NC(=O)c2ccccc2N(Cc2ccccc2)S(=O)(=O)c2ccccc2)c(C)n1-c1ccccc1F. The molecule has 0 atom stereocenters. The maximum atomic E-state index is 14.5. The summed E-state index contributed by atoms with van der Waals surface area (Å²) in [5.74, 6) is -0.927. The molecule has 0 spiro atoms. The van der Waals surface area contributed by atoms with Gasteiger partial charge < -0.3 is 4.57 Å². The average molecular weight is 581 g/mol. The Bertz CT molecular complexity index is 1850. The van der Waals surface area contributed by atoms with E-state index in [4.69, 9.17) is 0 Å². The lowest BCUT2D eigenvalue weighted by atomic mass is 10.1. The fourth-order valence-corrected chi connectivity index (χ4v) is 6.29. The number of aromatic nitrogens is 1. The van der Waals surface area contributed by atoms with E-state index in [0.717, 1.165) is 17.0 Å². The standard InChI is InChI=1S/C33H29FN4O3S/c1-24-21-27(25(2)38(24)32-20-12-10-18-30(32)34)22-35-36-33(39)29-17-9-11-19-31(29)37(23-26-13-5-3-6-14-26)42(40,41)28-15-7-4-8-16-28/h3-22H,23H2,1-2H3,(H,36,39)/b35-22+. The molecule has 212 valence electrons. The number of nitrogens with zero attached hydrogens (tertiary/aromatic N) is 3. The van der Waals surface area contributed by atoms with E-state index in [-0.39, 0.29) is 28.5 Å². The van der Waals surface area contributed by atoms with Crippen molar-refractivity contribution in [1.29, 1.82) is 0 Å². The minimum absolute atomic E-state index is 0.0215. The second-order valence-electron chi connectivity index (χ2n) is 9.64. The third-order valence-electron chi connectivity index (χ3n) is 6.85. The zero-order valence-electron chi connectivity index (χ0n) is 23.1. The molecule has 7 nitrogen and oxygen atoms in total. The predicted octanol–water partition coefficient (Wildman–Crippen LogP) is 6.39. The highest BCUT2D eigenvalue weighted by Gasteiger charge is 2.28. The van der Waals surface area contributed by atoms with Crippen LogP contribution in [-0.2, 0) is 16.6 Å². The van der Waals surface area contributed by atoms with Gasteiger partial charge >= 0.3 is 0 Å². The largest absolute Gasteiger partial charge is 0.315 e. The van der Waals surface area contributed by atoms with Crippen LogP contribution in [0.5, 0.6) is 0 Å². The fraction of sp³-hybridized carbons (Fsp3) is 0.0909. The smallest absolute Gasteiger partial charge is 0.273 e. The molecule has 1 amide bonds. The molecule has 4 aromatic carbocycles. The molecule has 0 saturated heterocycles. The van der Waals surface area contributed by atoms with E-state index in [1.165, 1.54) is 28.7 Å². The molecular weight excluding hydrogens is 551 g/mol. The van der Waals surface area contributed by atoms with Crippen molar-refractivity contribution in [2.45, 2.75) is 25.3 Å². The molecule has 0 unspecified atom stereocenters. The van der Waals surface area contributed by atoms with E-state index >= 15 is 0 Å². The maximum Gasteiger partial charge on any atom is 0.273 e. The van der Waals surface area contributed by atoms with E-state index < -0.39 is 15.9 Å². The minimum atomic E-state index is -4.03. The molecule has 0 aliphatic carbocycles. The van der Waals surface area contributed by atoms with Gasteiger partial charge in [-0.2, -0.15) is 5.10 Å². The topological polar surface area (TPSA) is 83.8 Å². The lowest BCUT2D eigenvalue weighted by Gasteiger charge is -2.26. The van der Waals surface area contributed by atoms with Crippen LogP contribution in [0.15, 0.2) is 125 Å². The van der Waals surface area contributed by atoms with Gasteiger partial charge in [-0.1, -0.05) is 72.8 Å². The third-order valence-corrected chi connectivity index (χ3v) is 8.62. The van der Waals surface area contributed by atoms with Crippen LogP contribution in [0, 0.1) is 19.7 Å². The Morgan fingerprint density at radius 3 is 2.21 bits per heavy atom. The Labute approximate surface area is 244 Å². The number of benzene rings is 4. The summed E-state index contributed by atoms with van der Waals surface area (Å²) in [4.78, 5) is 13.5. The normalized spacial score (nSPS) is 11.5. The van der Waals surface area contributed by atoms with Crippen molar-refractivity contribution < 1.29 is 17.6 Å². The average Bonchev–Trinajstić information content (AvgIpc) is 3.29. The van der Waals surface area contributed by atoms with Crippen molar-refractivity contribution in [3.05, 3.63) is 149 Å². The number of hydrogen-bond acceptors (Lipinski definition) is 4.